The van der Waals surface area contributed by atoms with Crippen molar-refractivity contribution < 1.29 is 4.79 Å². The summed E-state index contributed by atoms with van der Waals surface area (Å²) in [6.07, 6.45) is 2.89. The lowest BCUT2D eigenvalue weighted by atomic mass is 10.2. The molecule has 0 saturated heterocycles. The van der Waals surface area contributed by atoms with Crippen molar-refractivity contribution in [3.05, 3.63) is 22.4 Å². The van der Waals surface area contributed by atoms with E-state index in [-0.39, 0.29) is 11.9 Å². The molecule has 1 unspecified atom stereocenters. The molecule has 0 fully saturated rings. The van der Waals surface area contributed by atoms with Crippen LogP contribution in [0.4, 0.5) is 0 Å². The second kappa shape index (κ2) is 7.11. The first-order valence-corrected chi connectivity index (χ1v) is 7.69. The maximum Gasteiger partial charge on any atom is 0.268 e. The molecule has 3 nitrogen and oxygen atoms in total. The number of aryl methyl sites for hydroxylation is 1. The van der Waals surface area contributed by atoms with Gasteiger partial charge in [0.2, 0.25) is 0 Å². The van der Waals surface area contributed by atoms with Gasteiger partial charge >= 0.3 is 0 Å². The van der Waals surface area contributed by atoms with E-state index in [2.05, 4.69) is 28.2 Å². The van der Waals surface area contributed by atoms with Gasteiger partial charge in [-0.25, -0.2) is 0 Å². The fourth-order valence-electron chi connectivity index (χ4n) is 1.52. The van der Waals surface area contributed by atoms with Gasteiger partial charge in [0.15, 0.2) is 0 Å². The molecule has 0 bridgehead atoms. The lowest BCUT2D eigenvalue weighted by Crippen LogP contribution is -2.34. The van der Waals surface area contributed by atoms with Crippen LogP contribution in [0.15, 0.2) is 16.7 Å². The van der Waals surface area contributed by atoms with E-state index in [0.29, 0.717) is 5.69 Å². The first kappa shape index (κ1) is 14.6. The van der Waals surface area contributed by atoms with E-state index in [1.54, 1.807) is 0 Å². The Balaban J connectivity index is 2.46. The monoisotopic (exact) mass is 318 g/mol. The van der Waals surface area contributed by atoms with E-state index in [1.807, 2.05) is 42.6 Å². The fraction of sp³-hybridized carbons (Fsp3) is 0.583. The number of nitrogens with one attached hydrogen (secondary N) is 1. The molecule has 96 valence electrons. The van der Waals surface area contributed by atoms with Crippen LogP contribution < -0.4 is 5.32 Å². The summed E-state index contributed by atoms with van der Waals surface area (Å²) in [4.78, 5) is 12.0. The predicted octanol–water partition coefficient (Wildman–Crippen LogP) is 3.05. The van der Waals surface area contributed by atoms with Crippen LogP contribution in [-0.2, 0) is 7.05 Å². The smallest absolute Gasteiger partial charge is 0.268 e. The highest BCUT2D eigenvalue weighted by molar-refractivity contribution is 9.10. The molecule has 1 heterocycles. The van der Waals surface area contributed by atoms with Crippen molar-refractivity contribution in [2.45, 2.75) is 26.3 Å². The van der Waals surface area contributed by atoms with Crippen LogP contribution in [0, 0.1) is 0 Å². The van der Waals surface area contributed by atoms with E-state index in [0.717, 1.165) is 22.4 Å². The Morgan fingerprint density at radius 1 is 1.65 bits per heavy atom. The fourth-order valence-corrected chi connectivity index (χ4v) is 2.86. The number of nitrogens with zero attached hydrogens (tertiary/aromatic N) is 1. The van der Waals surface area contributed by atoms with Gasteiger partial charge in [-0.05, 0) is 46.8 Å². The second-order valence-electron chi connectivity index (χ2n) is 4.01. The molecule has 0 aliphatic carbocycles. The molecule has 17 heavy (non-hydrogen) atoms. The molecule has 1 N–H and O–H groups in total. The molecule has 0 radical (unpaired) electrons. The average molecular weight is 319 g/mol. The van der Waals surface area contributed by atoms with Crippen molar-refractivity contribution in [1.82, 2.24) is 9.88 Å². The van der Waals surface area contributed by atoms with Gasteiger partial charge in [0.1, 0.15) is 5.69 Å². The van der Waals surface area contributed by atoms with Gasteiger partial charge in [0, 0.05) is 23.8 Å². The van der Waals surface area contributed by atoms with Gasteiger partial charge in [-0.15, -0.1) is 0 Å². The molecule has 0 spiro atoms. The molecule has 1 rings (SSSR count). The van der Waals surface area contributed by atoms with E-state index in [9.17, 15) is 4.79 Å². The molecule has 1 aromatic rings. The number of hydrogen-bond donors (Lipinski definition) is 1. The molecule has 0 aliphatic heterocycles. The molecule has 1 aromatic heterocycles. The number of hydrogen-bond acceptors (Lipinski definition) is 2. The summed E-state index contributed by atoms with van der Waals surface area (Å²) in [6, 6.07) is 2.05. The van der Waals surface area contributed by atoms with Crippen molar-refractivity contribution in [2.75, 3.05) is 11.5 Å². The number of carbonyl (C=O) groups excluding carboxylic acids is 1. The summed E-state index contributed by atoms with van der Waals surface area (Å²) in [5, 5.41) is 3.02. The topological polar surface area (TPSA) is 34.0 Å². The molecule has 0 aliphatic rings. The predicted molar refractivity (Wildman–Crippen MR) is 77.7 cm³/mol. The van der Waals surface area contributed by atoms with Gasteiger partial charge < -0.3 is 9.88 Å². The zero-order valence-electron chi connectivity index (χ0n) is 10.5. The number of rotatable bonds is 6. The van der Waals surface area contributed by atoms with Crippen LogP contribution in [0.25, 0.3) is 0 Å². The first-order valence-electron chi connectivity index (χ1n) is 5.75. The van der Waals surface area contributed by atoms with Gasteiger partial charge in [-0.3, -0.25) is 4.79 Å². The average Bonchev–Trinajstić information content (AvgIpc) is 2.58. The number of thioether (sulfide) groups is 1. The summed E-state index contributed by atoms with van der Waals surface area (Å²) in [5.41, 5.74) is 0.687. The Morgan fingerprint density at radius 3 is 2.88 bits per heavy atom. The summed E-state index contributed by atoms with van der Waals surface area (Å²) >= 11 is 5.27. The minimum Gasteiger partial charge on any atom is -0.348 e. The first-order chi connectivity index (χ1) is 8.04. The van der Waals surface area contributed by atoms with E-state index < -0.39 is 0 Å². The maximum atomic E-state index is 12.0. The molecular weight excluding hydrogens is 300 g/mol. The Bertz CT molecular complexity index is 379. The van der Waals surface area contributed by atoms with Gasteiger partial charge in [-0.2, -0.15) is 11.8 Å². The zero-order valence-corrected chi connectivity index (χ0v) is 12.9. The van der Waals surface area contributed by atoms with Crippen molar-refractivity contribution >= 4 is 33.6 Å². The quantitative estimate of drug-likeness (QED) is 0.818. The summed E-state index contributed by atoms with van der Waals surface area (Å²) in [5.74, 6) is 2.22. The maximum absolute atomic E-state index is 12.0. The minimum atomic E-state index is -0.00722. The van der Waals surface area contributed by atoms with Crippen LogP contribution in [0.5, 0.6) is 0 Å². The van der Waals surface area contributed by atoms with Crippen LogP contribution in [-0.4, -0.2) is 28.0 Å². The Kier molecular flexibility index (Phi) is 6.12. The third kappa shape index (κ3) is 4.76. The largest absolute Gasteiger partial charge is 0.348 e. The lowest BCUT2D eigenvalue weighted by Gasteiger charge is -2.13. The normalized spacial score (nSPS) is 12.5. The van der Waals surface area contributed by atoms with Crippen LogP contribution in [0.3, 0.4) is 0 Å². The van der Waals surface area contributed by atoms with Crippen LogP contribution >= 0.6 is 27.7 Å². The molecule has 1 amide bonds. The van der Waals surface area contributed by atoms with Crippen molar-refractivity contribution in [3.8, 4) is 0 Å². The number of amides is 1. The molecule has 5 heteroatoms. The molecule has 1 atom stereocenters. The van der Waals surface area contributed by atoms with Crippen molar-refractivity contribution in [2.24, 2.45) is 7.05 Å². The third-order valence-electron chi connectivity index (χ3n) is 2.48. The Hall–Kier alpha value is -0.420. The van der Waals surface area contributed by atoms with Gasteiger partial charge in [0.05, 0.1) is 0 Å². The third-order valence-corrected chi connectivity index (χ3v) is 3.85. The van der Waals surface area contributed by atoms with E-state index in [1.165, 1.54) is 0 Å². The van der Waals surface area contributed by atoms with E-state index in [4.69, 9.17) is 0 Å². The number of aromatic nitrogens is 1. The summed E-state index contributed by atoms with van der Waals surface area (Å²) < 4.78 is 2.76. The Labute approximate surface area is 115 Å². The number of halogens is 1. The molecular formula is C12H19BrN2OS. The van der Waals surface area contributed by atoms with Crippen LogP contribution in [0.1, 0.15) is 30.8 Å². The molecule has 0 aromatic carbocycles. The Morgan fingerprint density at radius 2 is 2.35 bits per heavy atom. The molecule has 0 saturated carbocycles. The minimum absolute atomic E-state index is 0.00722. The SMILES string of the molecule is CCSCCC(C)NC(=O)c1cc(Br)cn1C. The van der Waals surface area contributed by atoms with Crippen molar-refractivity contribution in [3.63, 3.8) is 0 Å². The van der Waals surface area contributed by atoms with Crippen LogP contribution in [0.2, 0.25) is 0 Å². The number of carbonyl (C=O) groups is 1. The van der Waals surface area contributed by atoms with Gasteiger partial charge in [0.25, 0.3) is 5.91 Å². The lowest BCUT2D eigenvalue weighted by molar-refractivity contribution is 0.0931. The summed E-state index contributed by atoms with van der Waals surface area (Å²) in [7, 11) is 1.87. The standard InChI is InChI=1S/C12H19BrN2OS/c1-4-17-6-5-9(2)14-12(16)11-7-10(13)8-15(11)3/h7-9H,4-6H2,1-3H3,(H,14,16). The second-order valence-corrected chi connectivity index (χ2v) is 6.32. The zero-order chi connectivity index (χ0) is 12.8. The van der Waals surface area contributed by atoms with E-state index >= 15 is 0 Å². The van der Waals surface area contributed by atoms with Crippen molar-refractivity contribution in [1.29, 1.82) is 0 Å². The highest BCUT2D eigenvalue weighted by Gasteiger charge is 2.13. The summed E-state index contributed by atoms with van der Waals surface area (Å²) in [6.45, 7) is 4.20. The highest BCUT2D eigenvalue weighted by Crippen LogP contribution is 2.14. The highest BCUT2D eigenvalue weighted by atomic mass is 79.9. The van der Waals surface area contributed by atoms with Gasteiger partial charge in [-0.1, -0.05) is 6.92 Å².